The molecule has 0 saturated carbocycles. The molecule has 6 heteroatoms. The molecule has 0 aliphatic carbocycles. The zero-order valence-electron chi connectivity index (χ0n) is 12.1. The fourth-order valence-corrected chi connectivity index (χ4v) is 3.76. The van der Waals surface area contributed by atoms with E-state index in [4.69, 9.17) is 0 Å². The van der Waals surface area contributed by atoms with Gasteiger partial charge in [-0.15, -0.1) is 0 Å². The van der Waals surface area contributed by atoms with Gasteiger partial charge in [-0.1, -0.05) is 20.8 Å². The molecule has 1 aromatic rings. The van der Waals surface area contributed by atoms with Gasteiger partial charge in [-0.3, -0.25) is 0 Å². The average Bonchev–Trinajstić information content (AvgIpc) is 2.79. The molecule has 0 fully saturated rings. The Bertz CT molecular complexity index is 561. The zero-order valence-corrected chi connectivity index (χ0v) is 12.9. The topological polar surface area (TPSA) is 64.0 Å². The second-order valence-corrected chi connectivity index (χ2v) is 7.21. The molecule has 19 heavy (non-hydrogen) atoms. The molecule has 0 aromatic carbocycles. The van der Waals surface area contributed by atoms with E-state index in [2.05, 4.69) is 35.0 Å². The molecule has 1 N–H and O–H groups in total. The van der Waals surface area contributed by atoms with E-state index < -0.39 is 10.0 Å². The van der Waals surface area contributed by atoms with Crippen molar-refractivity contribution in [2.45, 2.75) is 63.4 Å². The number of nitrogens with one attached hydrogen (secondary N) is 1. The minimum absolute atomic E-state index is 0.228. The number of nitrogens with zero attached hydrogens (tertiary/aromatic N) is 2. The third-order valence-corrected chi connectivity index (χ3v) is 5.20. The van der Waals surface area contributed by atoms with E-state index >= 15 is 0 Å². The van der Waals surface area contributed by atoms with Gasteiger partial charge < -0.3 is 4.57 Å². The summed E-state index contributed by atoms with van der Waals surface area (Å²) >= 11 is 0. The minimum Gasteiger partial charge on any atom is -0.327 e. The Labute approximate surface area is 115 Å². The number of hydrogen-bond acceptors (Lipinski definition) is 3. The van der Waals surface area contributed by atoms with Crippen LogP contribution in [0.25, 0.3) is 0 Å². The maximum absolute atomic E-state index is 12.1. The van der Waals surface area contributed by atoms with Gasteiger partial charge in [0, 0.05) is 12.0 Å². The SMILES string of the molecule is CCC1CCCc2c(S(=O)(=O)NC)nc(C(C)C)n21. The molecule has 0 bridgehead atoms. The van der Waals surface area contributed by atoms with E-state index in [0.29, 0.717) is 6.04 Å². The van der Waals surface area contributed by atoms with E-state index in [-0.39, 0.29) is 10.9 Å². The number of hydrogen-bond donors (Lipinski definition) is 1. The number of aromatic nitrogens is 2. The Morgan fingerprint density at radius 2 is 2.16 bits per heavy atom. The van der Waals surface area contributed by atoms with Crippen molar-refractivity contribution in [3.8, 4) is 0 Å². The summed E-state index contributed by atoms with van der Waals surface area (Å²) in [5.74, 6) is 1.13. The molecule has 1 aromatic heterocycles. The normalized spacial score (nSPS) is 19.7. The van der Waals surface area contributed by atoms with Crippen LogP contribution in [0.15, 0.2) is 5.03 Å². The van der Waals surface area contributed by atoms with E-state index in [9.17, 15) is 8.42 Å². The van der Waals surface area contributed by atoms with Gasteiger partial charge in [0.05, 0.1) is 5.69 Å². The van der Waals surface area contributed by atoms with Crippen molar-refractivity contribution in [2.24, 2.45) is 0 Å². The Hall–Kier alpha value is -0.880. The molecule has 0 radical (unpaired) electrons. The second kappa shape index (κ2) is 5.25. The summed E-state index contributed by atoms with van der Waals surface area (Å²) < 4.78 is 28.8. The van der Waals surface area contributed by atoms with Crippen molar-refractivity contribution < 1.29 is 8.42 Å². The molecule has 0 saturated heterocycles. The van der Waals surface area contributed by atoms with Crippen LogP contribution in [0.4, 0.5) is 0 Å². The molecule has 2 heterocycles. The molecular weight excluding hydrogens is 262 g/mol. The van der Waals surface area contributed by atoms with Crippen LogP contribution in [0.5, 0.6) is 0 Å². The fraction of sp³-hybridized carbons (Fsp3) is 0.769. The smallest absolute Gasteiger partial charge is 0.259 e. The monoisotopic (exact) mass is 285 g/mol. The van der Waals surface area contributed by atoms with Gasteiger partial charge in [-0.25, -0.2) is 18.1 Å². The van der Waals surface area contributed by atoms with E-state index in [1.165, 1.54) is 7.05 Å². The van der Waals surface area contributed by atoms with E-state index in [0.717, 1.165) is 37.2 Å². The zero-order chi connectivity index (χ0) is 14.2. The van der Waals surface area contributed by atoms with Crippen LogP contribution in [0, 0.1) is 0 Å². The van der Waals surface area contributed by atoms with Crippen molar-refractivity contribution in [1.82, 2.24) is 14.3 Å². The number of fused-ring (bicyclic) bond motifs is 1. The van der Waals surface area contributed by atoms with Crippen LogP contribution in [0.2, 0.25) is 0 Å². The molecular formula is C13H23N3O2S. The maximum atomic E-state index is 12.1. The summed E-state index contributed by atoms with van der Waals surface area (Å²) in [6.45, 7) is 6.27. The molecule has 5 nitrogen and oxygen atoms in total. The lowest BCUT2D eigenvalue weighted by atomic mass is 10.00. The standard InChI is InChI=1S/C13H23N3O2S/c1-5-10-7-6-8-11-13(19(17,18)14-4)15-12(9(2)3)16(10)11/h9-10,14H,5-8H2,1-4H3. The maximum Gasteiger partial charge on any atom is 0.259 e. The summed E-state index contributed by atoms with van der Waals surface area (Å²) in [4.78, 5) is 4.44. The lowest BCUT2D eigenvalue weighted by Crippen LogP contribution is -2.23. The van der Waals surface area contributed by atoms with Crippen LogP contribution in [0.3, 0.4) is 0 Å². The number of sulfonamides is 1. The third kappa shape index (κ3) is 2.43. The highest BCUT2D eigenvalue weighted by molar-refractivity contribution is 7.89. The quantitative estimate of drug-likeness (QED) is 0.922. The number of imidazole rings is 1. The summed E-state index contributed by atoms with van der Waals surface area (Å²) in [6.07, 6.45) is 3.96. The summed E-state index contributed by atoms with van der Waals surface area (Å²) in [5.41, 5.74) is 0.885. The van der Waals surface area contributed by atoms with E-state index in [1.54, 1.807) is 0 Å². The van der Waals surface area contributed by atoms with Gasteiger partial charge in [0.15, 0.2) is 5.03 Å². The van der Waals surface area contributed by atoms with Crippen molar-refractivity contribution in [1.29, 1.82) is 0 Å². The molecule has 1 atom stereocenters. The highest BCUT2D eigenvalue weighted by atomic mass is 32.2. The van der Waals surface area contributed by atoms with Gasteiger partial charge in [0.1, 0.15) is 5.82 Å². The highest BCUT2D eigenvalue weighted by Gasteiger charge is 2.31. The molecule has 1 unspecified atom stereocenters. The lowest BCUT2D eigenvalue weighted by molar-refractivity contribution is 0.373. The fourth-order valence-electron chi connectivity index (χ4n) is 2.84. The summed E-state index contributed by atoms with van der Waals surface area (Å²) in [6, 6.07) is 0.384. The molecule has 0 amide bonds. The first-order valence-electron chi connectivity index (χ1n) is 6.96. The number of rotatable bonds is 4. The van der Waals surface area contributed by atoms with Gasteiger partial charge in [0.25, 0.3) is 10.0 Å². The lowest BCUT2D eigenvalue weighted by Gasteiger charge is -2.27. The van der Waals surface area contributed by atoms with Crippen LogP contribution >= 0.6 is 0 Å². The van der Waals surface area contributed by atoms with Crippen molar-refractivity contribution in [2.75, 3.05) is 7.05 Å². The molecule has 1 aliphatic heterocycles. The Morgan fingerprint density at radius 1 is 1.47 bits per heavy atom. The van der Waals surface area contributed by atoms with Gasteiger partial charge in [-0.2, -0.15) is 0 Å². The molecule has 2 rings (SSSR count). The largest absolute Gasteiger partial charge is 0.327 e. The van der Waals surface area contributed by atoms with Gasteiger partial charge in [0.2, 0.25) is 0 Å². The first-order valence-corrected chi connectivity index (χ1v) is 8.45. The average molecular weight is 285 g/mol. The van der Waals surface area contributed by atoms with Crippen LogP contribution < -0.4 is 4.72 Å². The first-order chi connectivity index (χ1) is 8.92. The first kappa shape index (κ1) is 14.5. The summed E-state index contributed by atoms with van der Waals surface area (Å²) in [5, 5.41) is 0.233. The Morgan fingerprint density at radius 3 is 2.68 bits per heavy atom. The third-order valence-electron chi connectivity index (χ3n) is 3.83. The van der Waals surface area contributed by atoms with Crippen LogP contribution in [-0.2, 0) is 16.4 Å². The molecule has 0 spiro atoms. The summed E-state index contributed by atoms with van der Waals surface area (Å²) in [7, 11) is -2.03. The van der Waals surface area contributed by atoms with Gasteiger partial charge in [-0.05, 0) is 32.7 Å². The Balaban J connectivity index is 2.67. The van der Waals surface area contributed by atoms with Crippen molar-refractivity contribution in [3.05, 3.63) is 11.5 Å². The predicted molar refractivity (Wildman–Crippen MR) is 74.8 cm³/mol. The van der Waals surface area contributed by atoms with Crippen molar-refractivity contribution in [3.63, 3.8) is 0 Å². The van der Waals surface area contributed by atoms with Crippen LogP contribution in [0.1, 0.15) is 63.5 Å². The van der Waals surface area contributed by atoms with Crippen molar-refractivity contribution >= 4 is 10.0 Å². The minimum atomic E-state index is -3.47. The van der Waals surface area contributed by atoms with Crippen LogP contribution in [-0.4, -0.2) is 25.0 Å². The second-order valence-electron chi connectivity index (χ2n) is 5.41. The van der Waals surface area contributed by atoms with E-state index in [1.807, 2.05) is 0 Å². The predicted octanol–water partition coefficient (Wildman–Crippen LogP) is 2.20. The van der Waals surface area contributed by atoms with Gasteiger partial charge >= 0.3 is 0 Å². The Kier molecular flexibility index (Phi) is 4.01. The highest BCUT2D eigenvalue weighted by Crippen LogP contribution is 2.34. The molecule has 108 valence electrons. The molecule has 1 aliphatic rings.